The molecule has 1 atom stereocenters. The smallest absolute Gasteiger partial charge is 0.167 e. The molecular formula is C19H14Cl2N2O2. The highest BCUT2D eigenvalue weighted by atomic mass is 35.5. The van der Waals surface area contributed by atoms with Gasteiger partial charge in [-0.3, -0.25) is 4.79 Å². The Balaban J connectivity index is 2.47. The number of ketones is 1. The predicted octanol–water partition coefficient (Wildman–Crippen LogP) is 5.02. The molecule has 2 aromatic rings. The van der Waals surface area contributed by atoms with E-state index in [1.807, 2.05) is 12.1 Å². The number of halogens is 2. The number of hydrogen-bond acceptors (Lipinski definition) is 4. The Morgan fingerprint density at radius 1 is 1.08 bits per heavy atom. The summed E-state index contributed by atoms with van der Waals surface area (Å²) in [6, 6.07) is 15.6. The maximum Gasteiger partial charge on any atom is 0.167 e. The molecule has 0 heterocycles. The number of para-hydroxylation sites is 1. The predicted molar refractivity (Wildman–Crippen MR) is 95.9 cm³/mol. The lowest BCUT2D eigenvalue weighted by molar-refractivity contribution is 0.0968. The van der Waals surface area contributed by atoms with Gasteiger partial charge >= 0.3 is 0 Å². The van der Waals surface area contributed by atoms with Gasteiger partial charge in [0, 0.05) is 22.4 Å². The summed E-state index contributed by atoms with van der Waals surface area (Å²) < 4.78 is 5.21. The number of carbonyl (C=O) groups is 1. The highest BCUT2D eigenvalue weighted by molar-refractivity contribution is 6.36. The van der Waals surface area contributed by atoms with Crippen molar-refractivity contribution >= 4 is 29.0 Å². The summed E-state index contributed by atoms with van der Waals surface area (Å²) in [7, 11) is 1.47. The zero-order valence-electron chi connectivity index (χ0n) is 13.4. The molecule has 0 radical (unpaired) electrons. The highest BCUT2D eigenvalue weighted by Crippen LogP contribution is 2.39. The van der Waals surface area contributed by atoms with Crippen molar-refractivity contribution in [1.29, 1.82) is 10.5 Å². The van der Waals surface area contributed by atoms with Gasteiger partial charge in [0.1, 0.15) is 11.7 Å². The first kappa shape index (κ1) is 18.8. The number of ether oxygens (including phenoxy) is 1. The van der Waals surface area contributed by atoms with Gasteiger partial charge in [0.15, 0.2) is 5.78 Å². The molecule has 0 amide bonds. The monoisotopic (exact) mass is 372 g/mol. The molecule has 6 heteroatoms. The molecule has 0 aliphatic carbocycles. The van der Waals surface area contributed by atoms with Crippen molar-refractivity contribution in [2.24, 2.45) is 5.92 Å². The molecule has 2 rings (SSSR count). The Morgan fingerprint density at radius 3 is 2.24 bits per heavy atom. The molecule has 126 valence electrons. The van der Waals surface area contributed by atoms with Gasteiger partial charge in [-0.25, -0.2) is 0 Å². The molecule has 0 aliphatic rings. The van der Waals surface area contributed by atoms with Crippen LogP contribution in [0.2, 0.25) is 10.0 Å². The van der Waals surface area contributed by atoms with Crippen LogP contribution in [0.5, 0.6) is 5.75 Å². The van der Waals surface area contributed by atoms with Crippen molar-refractivity contribution in [2.45, 2.75) is 12.3 Å². The molecular weight excluding hydrogens is 359 g/mol. The van der Waals surface area contributed by atoms with Crippen molar-refractivity contribution in [3.05, 3.63) is 63.6 Å². The van der Waals surface area contributed by atoms with E-state index in [1.54, 1.807) is 42.5 Å². The number of nitrogens with zero attached hydrogens (tertiary/aromatic N) is 2. The van der Waals surface area contributed by atoms with Gasteiger partial charge in [-0.15, -0.1) is 0 Å². The van der Waals surface area contributed by atoms with Crippen LogP contribution in [0.15, 0.2) is 42.5 Å². The van der Waals surface area contributed by atoms with Crippen LogP contribution in [0.4, 0.5) is 0 Å². The largest absolute Gasteiger partial charge is 0.496 e. The number of benzene rings is 2. The maximum absolute atomic E-state index is 12.8. The Bertz CT molecular complexity index is 834. The molecule has 25 heavy (non-hydrogen) atoms. The third-order valence-corrected chi connectivity index (χ3v) is 4.52. The number of rotatable bonds is 6. The lowest BCUT2D eigenvalue weighted by Crippen LogP contribution is -2.16. The standard InChI is InChI=1S/C19H14Cl2N2O2/c1-25-18-8-3-2-5-13(18)17(24)9-14(12(10-22)11-23)19-15(20)6-4-7-16(19)21/h2-8,12,14H,9H2,1H3/t14-/m0/s1. The second kappa shape index (κ2) is 8.53. The summed E-state index contributed by atoms with van der Waals surface area (Å²) >= 11 is 12.5. The van der Waals surface area contributed by atoms with E-state index in [0.717, 1.165) is 0 Å². The average molecular weight is 373 g/mol. The average Bonchev–Trinajstić information content (AvgIpc) is 2.62. The van der Waals surface area contributed by atoms with Crippen LogP contribution in [-0.2, 0) is 0 Å². The quantitative estimate of drug-likeness (QED) is 0.667. The number of methoxy groups -OCH3 is 1. The molecule has 0 bridgehead atoms. The van der Waals surface area contributed by atoms with Crippen LogP contribution < -0.4 is 4.74 Å². The first-order valence-corrected chi connectivity index (χ1v) is 8.18. The molecule has 0 unspecified atom stereocenters. The lowest BCUT2D eigenvalue weighted by atomic mass is 9.82. The SMILES string of the molecule is COc1ccccc1C(=O)C[C@H](c1c(Cl)cccc1Cl)C(C#N)C#N. The molecule has 0 aromatic heterocycles. The second-order valence-electron chi connectivity index (χ2n) is 5.31. The van der Waals surface area contributed by atoms with Crippen LogP contribution in [0.3, 0.4) is 0 Å². The molecule has 0 saturated heterocycles. The second-order valence-corrected chi connectivity index (χ2v) is 6.12. The summed E-state index contributed by atoms with van der Waals surface area (Å²) in [6.45, 7) is 0. The van der Waals surface area contributed by atoms with E-state index in [1.165, 1.54) is 7.11 Å². The minimum atomic E-state index is -1.06. The van der Waals surface area contributed by atoms with Gasteiger partial charge in [-0.1, -0.05) is 41.4 Å². The summed E-state index contributed by atoms with van der Waals surface area (Å²) in [6.07, 6.45) is -0.0877. The minimum absolute atomic E-state index is 0.0877. The summed E-state index contributed by atoms with van der Waals surface area (Å²) in [5, 5.41) is 19.3. The van der Waals surface area contributed by atoms with Crippen molar-refractivity contribution in [3.63, 3.8) is 0 Å². The molecule has 0 saturated carbocycles. The zero-order valence-corrected chi connectivity index (χ0v) is 14.9. The molecule has 4 nitrogen and oxygen atoms in total. The lowest BCUT2D eigenvalue weighted by Gasteiger charge is -2.20. The van der Waals surface area contributed by atoms with E-state index in [9.17, 15) is 15.3 Å². The van der Waals surface area contributed by atoms with Gasteiger partial charge in [0.25, 0.3) is 0 Å². The third-order valence-electron chi connectivity index (χ3n) is 3.86. The van der Waals surface area contributed by atoms with E-state index in [4.69, 9.17) is 27.9 Å². The van der Waals surface area contributed by atoms with Gasteiger partial charge < -0.3 is 4.74 Å². The normalized spacial score (nSPS) is 11.4. The fourth-order valence-electron chi connectivity index (χ4n) is 2.65. The maximum atomic E-state index is 12.8. The van der Waals surface area contributed by atoms with Gasteiger partial charge in [0.05, 0.1) is 24.8 Å². The van der Waals surface area contributed by atoms with Crippen LogP contribution in [0, 0.1) is 28.6 Å². The first-order chi connectivity index (χ1) is 12.0. The minimum Gasteiger partial charge on any atom is -0.496 e. The highest BCUT2D eigenvalue weighted by Gasteiger charge is 2.30. The Morgan fingerprint density at radius 2 is 1.68 bits per heavy atom. The van der Waals surface area contributed by atoms with Crippen molar-refractivity contribution in [3.8, 4) is 17.9 Å². The number of hydrogen-bond donors (Lipinski definition) is 0. The molecule has 2 aromatic carbocycles. The Kier molecular flexibility index (Phi) is 6.42. The zero-order chi connectivity index (χ0) is 18.4. The molecule has 0 fully saturated rings. The van der Waals surface area contributed by atoms with E-state index in [2.05, 4.69) is 0 Å². The fraction of sp³-hybridized carbons (Fsp3) is 0.211. The van der Waals surface area contributed by atoms with Crippen LogP contribution in [0.25, 0.3) is 0 Å². The van der Waals surface area contributed by atoms with Gasteiger partial charge in [-0.05, 0) is 29.8 Å². The van der Waals surface area contributed by atoms with Crippen LogP contribution in [0.1, 0.15) is 28.3 Å². The molecule has 0 N–H and O–H groups in total. The molecule has 0 aliphatic heterocycles. The Labute approximate surface area is 156 Å². The summed E-state index contributed by atoms with van der Waals surface area (Å²) in [4.78, 5) is 12.8. The topological polar surface area (TPSA) is 73.9 Å². The van der Waals surface area contributed by atoms with Crippen LogP contribution >= 0.6 is 23.2 Å². The number of nitriles is 2. The van der Waals surface area contributed by atoms with E-state index >= 15 is 0 Å². The number of Topliss-reactive ketones (excluding diaryl/α,β-unsaturated/α-hetero) is 1. The Hall–Kier alpha value is -2.53. The van der Waals surface area contributed by atoms with Crippen LogP contribution in [-0.4, -0.2) is 12.9 Å². The van der Waals surface area contributed by atoms with Crippen molar-refractivity contribution in [1.82, 2.24) is 0 Å². The van der Waals surface area contributed by atoms with E-state index in [0.29, 0.717) is 26.9 Å². The number of carbonyl (C=O) groups excluding carboxylic acids is 1. The fourth-order valence-corrected chi connectivity index (χ4v) is 3.32. The summed E-state index contributed by atoms with van der Waals surface area (Å²) in [5.74, 6) is -1.62. The van der Waals surface area contributed by atoms with Crippen molar-refractivity contribution < 1.29 is 9.53 Å². The van der Waals surface area contributed by atoms with E-state index in [-0.39, 0.29) is 12.2 Å². The third kappa shape index (κ3) is 4.12. The van der Waals surface area contributed by atoms with E-state index < -0.39 is 11.8 Å². The molecule has 0 spiro atoms. The van der Waals surface area contributed by atoms with Gasteiger partial charge in [-0.2, -0.15) is 10.5 Å². The first-order valence-electron chi connectivity index (χ1n) is 7.42. The van der Waals surface area contributed by atoms with Crippen molar-refractivity contribution in [2.75, 3.05) is 7.11 Å². The summed E-state index contributed by atoms with van der Waals surface area (Å²) in [5.41, 5.74) is 0.815. The van der Waals surface area contributed by atoms with Gasteiger partial charge in [0.2, 0.25) is 0 Å².